The van der Waals surface area contributed by atoms with Gasteiger partial charge in [-0.1, -0.05) is 42.5 Å². The van der Waals surface area contributed by atoms with Crippen molar-refractivity contribution in [3.8, 4) is 0 Å². The van der Waals surface area contributed by atoms with E-state index in [0.717, 1.165) is 11.3 Å². The highest BCUT2D eigenvalue weighted by atomic mass is 19.3. The highest BCUT2D eigenvalue weighted by molar-refractivity contribution is 5.46. The van der Waals surface area contributed by atoms with Crippen LogP contribution in [-0.4, -0.2) is 17.6 Å². The normalized spacial score (nSPS) is 13.0. The number of anilines is 1. The van der Waals surface area contributed by atoms with Crippen LogP contribution in [0.5, 0.6) is 0 Å². The van der Waals surface area contributed by atoms with Gasteiger partial charge in [-0.05, 0) is 23.3 Å². The summed E-state index contributed by atoms with van der Waals surface area (Å²) in [6, 6.07) is 14.8. The van der Waals surface area contributed by atoms with E-state index in [1.54, 1.807) is 24.3 Å². The lowest BCUT2D eigenvalue weighted by atomic mass is 10.0. The fraction of sp³-hybridized carbons (Fsp3) is 0.250. The molecular weight excluding hydrogens is 274 g/mol. The van der Waals surface area contributed by atoms with Gasteiger partial charge in [0.05, 0.1) is 6.04 Å². The third-order valence-electron chi connectivity index (χ3n) is 3.28. The van der Waals surface area contributed by atoms with E-state index in [-0.39, 0.29) is 0 Å². The van der Waals surface area contributed by atoms with Gasteiger partial charge >= 0.3 is 0 Å². The zero-order valence-electron chi connectivity index (χ0n) is 11.5. The number of benzene rings is 2. The van der Waals surface area contributed by atoms with Crippen LogP contribution in [0.2, 0.25) is 0 Å². The fourth-order valence-corrected chi connectivity index (χ4v) is 1.95. The maximum absolute atomic E-state index is 13.3. The molecule has 5 heteroatoms. The zero-order chi connectivity index (χ0) is 15.3. The molecule has 0 aliphatic heterocycles. The van der Waals surface area contributed by atoms with E-state index in [4.69, 9.17) is 10.8 Å². The number of hydrogen-bond acceptors (Lipinski definition) is 3. The van der Waals surface area contributed by atoms with Crippen LogP contribution in [0.25, 0.3) is 0 Å². The lowest BCUT2D eigenvalue weighted by molar-refractivity contribution is -0.0711. The van der Waals surface area contributed by atoms with Crippen molar-refractivity contribution in [2.24, 2.45) is 5.73 Å². The molecule has 1 atom stereocenters. The van der Waals surface area contributed by atoms with Crippen molar-refractivity contribution in [2.45, 2.75) is 18.5 Å². The molecule has 0 saturated carbocycles. The molecule has 0 fully saturated rings. The maximum atomic E-state index is 13.3. The average molecular weight is 292 g/mol. The van der Waals surface area contributed by atoms with E-state index in [1.807, 2.05) is 30.3 Å². The molecule has 4 N–H and O–H groups in total. The summed E-state index contributed by atoms with van der Waals surface area (Å²) in [5.41, 5.74) is 7.71. The maximum Gasteiger partial charge on any atom is 0.289 e. The molecule has 0 saturated heterocycles. The number of aliphatic hydroxyl groups is 1. The third kappa shape index (κ3) is 4.00. The van der Waals surface area contributed by atoms with E-state index in [2.05, 4.69) is 5.32 Å². The second-order valence-corrected chi connectivity index (χ2v) is 4.86. The average Bonchev–Trinajstić information content (AvgIpc) is 2.53. The Morgan fingerprint density at radius 2 is 1.67 bits per heavy atom. The van der Waals surface area contributed by atoms with Gasteiger partial charge in [0.15, 0.2) is 0 Å². The number of aliphatic hydroxyl groups excluding tert-OH is 1. The summed E-state index contributed by atoms with van der Waals surface area (Å²) in [5, 5.41) is 11.9. The molecule has 0 aliphatic carbocycles. The van der Waals surface area contributed by atoms with Crippen molar-refractivity contribution in [3.05, 3.63) is 65.7 Å². The first-order valence-corrected chi connectivity index (χ1v) is 6.65. The van der Waals surface area contributed by atoms with Crippen LogP contribution < -0.4 is 11.1 Å². The molecule has 0 bridgehead atoms. The van der Waals surface area contributed by atoms with E-state index < -0.39 is 18.6 Å². The molecule has 21 heavy (non-hydrogen) atoms. The Balaban J connectivity index is 1.99. The van der Waals surface area contributed by atoms with E-state index >= 15 is 0 Å². The van der Waals surface area contributed by atoms with E-state index in [1.165, 1.54) is 0 Å². The third-order valence-corrected chi connectivity index (χ3v) is 3.28. The number of rotatable bonds is 6. The molecule has 0 amide bonds. The van der Waals surface area contributed by atoms with Gasteiger partial charge in [0.25, 0.3) is 5.92 Å². The van der Waals surface area contributed by atoms with Gasteiger partial charge in [0, 0.05) is 12.2 Å². The van der Waals surface area contributed by atoms with Gasteiger partial charge < -0.3 is 16.2 Å². The second-order valence-electron chi connectivity index (χ2n) is 4.86. The van der Waals surface area contributed by atoms with Crippen molar-refractivity contribution in [1.29, 1.82) is 0 Å². The Morgan fingerprint density at radius 3 is 2.24 bits per heavy atom. The number of hydrogen-bond donors (Lipinski definition) is 3. The number of alkyl halides is 2. The molecule has 0 heterocycles. The topological polar surface area (TPSA) is 58.3 Å². The second kappa shape index (κ2) is 6.65. The minimum Gasteiger partial charge on any atom is -0.390 e. The molecule has 0 aromatic heterocycles. The molecule has 0 unspecified atom stereocenters. The highest BCUT2D eigenvalue weighted by Crippen LogP contribution is 2.29. The minimum absolute atomic E-state index is 0.291. The van der Waals surface area contributed by atoms with Gasteiger partial charge in [0.2, 0.25) is 0 Å². The zero-order valence-corrected chi connectivity index (χ0v) is 11.5. The van der Waals surface area contributed by atoms with Gasteiger partial charge in [-0.25, -0.2) is 8.78 Å². The molecule has 0 aliphatic rings. The van der Waals surface area contributed by atoms with Gasteiger partial charge in [-0.2, -0.15) is 0 Å². The van der Waals surface area contributed by atoms with Crippen molar-refractivity contribution in [2.75, 3.05) is 11.9 Å². The monoisotopic (exact) mass is 292 g/mol. The van der Waals surface area contributed by atoms with Crippen LogP contribution in [0, 0.1) is 0 Å². The summed E-state index contributed by atoms with van der Waals surface area (Å²) < 4.78 is 26.6. The number of nitrogens with one attached hydrogen (secondary N) is 1. The van der Waals surface area contributed by atoms with E-state index in [0.29, 0.717) is 12.1 Å². The Labute approximate surface area is 122 Å². The van der Waals surface area contributed by atoms with Gasteiger partial charge in [0.1, 0.15) is 6.61 Å². The van der Waals surface area contributed by atoms with Crippen molar-refractivity contribution in [1.82, 2.24) is 0 Å². The summed E-state index contributed by atoms with van der Waals surface area (Å²) >= 11 is 0. The predicted octanol–water partition coefficient (Wildman–Crippen LogP) is 2.93. The summed E-state index contributed by atoms with van der Waals surface area (Å²) in [6.07, 6.45) is 0. The van der Waals surface area contributed by atoms with Crippen LogP contribution in [-0.2, 0) is 6.54 Å². The molecule has 0 spiro atoms. The summed E-state index contributed by atoms with van der Waals surface area (Å²) in [5.74, 6) is -3.32. The molecule has 3 nitrogen and oxygen atoms in total. The lowest BCUT2D eigenvalue weighted by Crippen LogP contribution is -2.36. The standard InChI is InChI=1S/C16H18F2N2O/c17-16(18,11-21)15(19)13-6-8-14(9-7-13)20-10-12-4-2-1-3-5-12/h1-9,15,20-21H,10-11,19H2/t15-/m0/s1. The SMILES string of the molecule is N[C@@H](c1ccc(NCc2ccccc2)cc1)C(F)(F)CO. The summed E-state index contributed by atoms with van der Waals surface area (Å²) in [4.78, 5) is 0. The lowest BCUT2D eigenvalue weighted by Gasteiger charge is -2.21. The van der Waals surface area contributed by atoms with Crippen LogP contribution >= 0.6 is 0 Å². The van der Waals surface area contributed by atoms with Crippen molar-refractivity contribution >= 4 is 5.69 Å². The molecule has 0 radical (unpaired) electrons. The molecule has 112 valence electrons. The largest absolute Gasteiger partial charge is 0.390 e. The fourth-order valence-electron chi connectivity index (χ4n) is 1.95. The first-order valence-electron chi connectivity index (χ1n) is 6.65. The minimum atomic E-state index is -3.32. The Kier molecular flexibility index (Phi) is 4.88. The van der Waals surface area contributed by atoms with Gasteiger partial charge in [-0.15, -0.1) is 0 Å². The molecular formula is C16H18F2N2O. The Hall–Kier alpha value is -1.98. The smallest absolute Gasteiger partial charge is 0.289 e. The first kappa shape index (κ1) is 15.4. The van der Waals surface area contributed by atoms with Crippen molar-refractivity contribution in [3.63, 3.8) is 0 Å². The van der Waals surface area contributed by atoms with Crippen LogP contribution in [0.15, 0.2) is 54.6 Å². The molecule has 2 aromatic rings. The van der Waals surface area contributed by atoms with Crippen LogP contribution in [0.3, 0.4) is 0 Å². The van der Waals surface area contributed by atoms with Crippen molar-refractivity contribution < 1.29 is 13.9 Å². The number of halogens is 2. The first-order chi connectivity index (χ1) is 10.0. The summed E-state index contributed by atoms with van der Waals surface area (Å²) in [6.45, 7) is -0.610. The number of nitrogens with two attached hydrogens (primary N) is 1. The molecule has 2 aromatic carbocycles. The van der Waals surface area contributed by atoms with Crippen LogP contribution in [0.1, 0.15) is 17.2 Å². The molecule has 2 rings (SSSR count). The quantitative estimate of drug-likeness (QED) is 0.767. The van der Waals surface area contributed by atoms with E-state index in [9.17, 15) is 8.78 Å². The summed E-state index contributed by atoms with van der Waals surface area (Å²) in [7, 11) is 0. The Morgan fingerprint density at radius 1 is 1.05 bits per heavy atom. The highest BCUT2D eigenvalue weighted by Gasteiger charge is 2.37. The van der Waals surface area contributed by atoms with Crippen LogP contribution in [0.4, 0.5) is 14.5 Å². The Bertz CT molecular complexity index is 558. The predicted molar refractivity (Wildman–Crippen MR) is 79.2 cm³/mol. The van der Waals surface area contributed by atoms with Gasteiger partial charge in [-0.3, -0.25) is 0 Å².